The van der Waals surface area contributed by atoms with Crippen LogP contribution in [0.5, 0.6) is 0 Å². The van der Waals surface area contributed by atoms with E-state index in [9.17, 15) is 0 Å². The maximum absolute atomic E-state index is 8.97. The Morgan fingerprint density at radius 2 is 2.10 bits per heavy atom. The van der Waals surface area contributed by atoms with Crippen molar-refractivity contribution in [2.45, 2.75) is 46.1 Å². The van der Waals surface area contributed by atoms with Crippen LogP contribution in [-0.4, -0.2) is 37.8 Å². The number of aryl methyl sites for hydroxylation is 2. The summed E-state index contributed by atoms with van der Waals surface area (Å²) in [5, 5.41) is 12.1. The minimum Gasteiger partial charge on any atom is -0.395 e. The van der Waals surface area contributed by atoms with Crippen molar-refractivity contribution in [1.82, 2.24) is 19.5 Å². The number of anilines is 1. The zero-order valence-corrected chi connectivity index (χ0v) is 12.3. The fraction of sp³-hybridized carbons (Fsp3) is 0.643. The predicted octanol–water partition coefficient (Wildman–Crippen LogP) is 1.98. The molecular formula is C14H23N5O. The highest BCUT2D eigenvalue weighted by atomic mass is 16.3. The average Bonchev–Trinajstić information content (AvgIpc) is 2.84. The molecule has 0 aliphatic heterocycles. The van der Waals surface area contributed by atoms with Crippen LogP contribution in [-0.2, 0) is 13.0 Å². The fourth-order valence-corrected chi connectivity index (χ4v) is 2.35. The molecule has 6 nitrogen and oxygen atoms in total. The average molecular weight is 277 g/mol. The lowest BCUT2D eigenvalue weighted by atomic mass is 10.2. The van der Waals surface area contributed by atoms with Gasteiger partial charge in [-0.05, 0) is 6.42 Å². The molecule has 2 heterocycles. The minimum atomic E-state index is 0.0795. The van der Waals surface area contributed by atoms with Gasteiger partial charge in [0.15, 0.2) is 11.5 Å². The van der Waals surface area contributed by atoms with Crippen LogP contribution in [0.25, 0.3) is 11.2 Å². The summed E-state index contributed by atoms with van der Waals surface area (Å²) in [5.74, 6) is 1.80. The number of fused-ring (bicyclic) bond motifs is 1. The normalized spacial score (nSPS) is 11.2. The van der Waals surface area contributed by atoms with E-state index < -0.39 is 0 Å². The monoisotopic (exact) mass is 277 g/mol. The van der Waals surface area contributed by atoms with Crippen LogP contribution in [0.3, 0.4) is 0 Å². The van der Waals surface area contributed by atoms with Crippen LogP contribution in [0, 0.1) is 0 Å². The molecule has 0 spiro atoms. The van der Waals surface area contributed by atoms with E-state index in [2.05, 4.69) is 38.7 Å². The second-order valence-electron chi connectivity index (χ2n) is 4.79. The van der Waals surface area contributed by atoms with Gasteiger partial charge in [-0.2, -0.15) is 0 Å². The van der Waals surface area contributed by atoms with Crippen molar-refractivity contribution in [3.63, 3.8) is 0 Å². The first-order valence-electron chi connectivity index (χ1n) is 7.36. The Kier molecular flexibility index (Phi) is 5.29. The summed E-state index contributed by atoms with van der Waals surface area (Å²) in [4.78, 5) is 13.1. The number of nitrogens with one attached hydrogen (secondary N) is 1. The van der Waals surface area contributed by atoms with Crippen LogP contribution in [0.1, 0.15) is 38.9 Å². The van der Waals surface area contributed by atoms with Gasteiger partial charge in [-0.1, -0.05) is 26.7 Å². The number of aliphatic hydroxyl groups is 1. The first-order chi connectivity index (χ1) is 9.81. The number of hydrogen-bond donors (Lipinski definition) is 2. The van der Waals surface area contributed by atoms with E-state index in [1.54, 1.807) is 0 Å². The lowest BCUT2D eigenvalue weighted by molar-refractivity contribution is 0.311. The second-order valence-corrected chi connectivity index (χ2v) is 4.79. The van der Waals surface area contributed by atoms with Crippen LogP contribution in [0.2, 0.25) is 0 Å². The molecule has 6 heteroatoms. The molecule has 0 aliphatic rings. The van der Waals surface area contributed by atoms with Crippen LogP contribution >= 0.6 is 0 Å². The Bertz CT molecular complexity index is 552. The summed E-state index contributed by atoms with van der Waals surface area (Å²) in [6, 6.07) is 0. The van der Waals surface area contributed by atoms with Gasteiger partial charge in [0.05, 0.1) is 6.61 Å². The Labute approximate surface area is 119 Å². The molecule has 0 bridgehead atoms. The van der Waals surface area contributed by atoms with Gasteiger partial charge in [0.1, 0.15) is 17.7 Å². The molecule has 0 amide bonds. The maximum atomic E-state index is 8.97. The summed E-state index contributed by atoms with van der Waals surface area (Å²) in [6.07, 6.45) is 5.92. The Balaban J connectivity index is 2.39. The van der Waals surface area contributed by atoms with Crippen molar-refractivity contribution in [3.05, 3.63) is 12.2 Å². The fourth-order valence-electron chi connectivity index (χ4n) is 2.35. The molecule has 2 aromatic heterocycles. The molecule has 0 aromatic carbocycles. The van der Waals surface area contributed by atoms with Gasteiger partial charge < -0.3 is 15.0 Å². The van der Waals surface area contributed by atoms with E-state index in [-0.39, 0.29) is 6.61 Å². The third kappa shape index (κ3) is 3.07. The number of nitrogens with zero attached hydrogens (tertiary/aromatic N) is 4. The molecule has 0 fully saturated rings. The largest absolute Gasteiger partial charge is 0.395 e. The molecule has 0 saturated heterocycles. The van der Waals surface area contributed by atoms with Gasteiger partial charge in [0, 0.05) is 19.5 Å². The lowest BCUT2D eigenvalue weighted by Crippen LogP contribution is -2.10. The summed E-state index contributed by atoms with van der Waals surface area (Å²) >= 11 is 0. The Morgan fingerprint density at radius 1 is 1.25 bits per heavy atom. The van der Waals surface area contributed by atoms with Crippen molar-refractivity contribution in [2.75, 3.05) is 18.5 Å². The standard InChI is InChI=1S/C14H23N5O/c1-3-5-6-8-19-11(4-2)18-14-12(19)13(15-7-9-20)16-10-17-14/h10,20H,3-9H2,1-2H3,(H,15,16,17). The first kappa shape index (κ1) is 14.7. The number of aromatic nitrogens is 4. The molecule has 110 valence electrons. The van der Waals surface area contributed by atoms with E-state index in [1.165, 1.54) is 19.2 Å². The van der Waals surface area contributed by atoms with Gasteiger partial charge in [-0.3, -0.25) is 0 Å². The number of aliphatic hydroxyl groups excluding tert-OH is 1. The predicted molar refractivity (Wildman–Crippen MR) is 79.8 cm³/mol. The third-order valence-electron chi connectivity index (χ3n) is 3.33. The number of unbranched alkanes of at least 4 members (excludes halogenated alkanes) is 2. The van der Waals surface area contributed by atoms with Crippen molar-refractivity contribution >= 4 is 17.0 Å². The van der Waals surface area contributed by atoms with Gasteiger partial charge in [-0.25, -0.2) is 15.0 Å². The zero-order valence-electron chi connectivity index (χ0n) is 12.3. The summed E-state index contributed by atoms with van der Waals surface area (Å²) < 4.78 is 2.21. The number of hydrogen-bond acceptors (Lipinski definition) is 5. The molecule has 0 saturated carbocycles. The smallest absolute Gasteiger partial charge is 0.183 e. The van der Waals surface area contributed by atoms with Gasteiger partial charge >= 0.3 is 0 Å². The highest BCUT2D eigenvalue weighted by Crippen LogP contribution is 2.22. The van der Waals surface area contributed by atoms with Gasteiger partial charge in [0.25, 0.3) is 0 Å². The maximum Gasteiger partial charge on any atom is 0.183 e. The SMILES string of the molecule is CCCCCn1c(CC)nc2ncnc(NCCO)c21. The second kappa shape index (κ2) is 7.19. The molecule has 2 rings (SSSR count). The topological polar surface area (TPSA) is 75.9 Å². The van der Waals surface area contributed by atoms with E-state index in [0.29, 0.717) is 6.54 Å². The first-order valence-corrected chi connectivity index (χ1v) is 7.36. The van der Waals surface area contributed by atoms with E-state index in [0.717, 1.165) is 42.2 Å². The molecule has 0 atom stereocenters. The summed E-state index contributed by atoms with van der Waals surface area (Å²) in [7, 11) is 0. The lowest BCUT2D eigenvalue weighted by Gasteiger charge is -2.10. The van der Waals surface area contributed by atoms with Crippen LogP contribution < -0.4 is 5.32 Å². The van der Waals surface area contributed by atoms with Crippen molar-refractivity contribution in [2.24, 2.45) is 0 Å². The quantitative estimate of drug-likeness (QED) is 0.722. The van der Waals surface area contributed by atoms with E-state index in [4.69, 9.17) is 5.11 Å². The van der Waals surface area contributed by atoms with Gasteiger partial charge in [-0.15, -0.1) is 0 Å². The summed E-state index contributed by atoms with van der Waals surface area (Å²) in [5.41, 5.74) is 1.68. The van der Waals surface area contributed by atoms with E-state index >= 15 is 0 Å². The minimum absolute atomic E-state index is 0.0795. The van der Waals surface area contributed by atoms with Crippen molar-refractivity contribution in [1.29, 1.82) is 0 Å². The Morgan fingerprint density at radius 3 is 2.80 bits per heavy atom. The van der Waals surface area contributed by atoms with Crippen molar-refractivity contribution < 1.29 is 5.11 Å². The molecular weight excluding hydrogens is 254 g/mol. The van der Waals surface area contributed by atoms with E-state index in [1.807, 2.05) is 0 Å². The number of rotatable bonds is 8. The molecule has 0 aliphatic carbocycles. The Hall–Kier alpha value is -1.69. The van der Waals surface area contributed by atoms with Crippen LogP contribution in [0.4, 0.5) is 5.82 Å². The third-order valence-corrected chi connectivity index (χ3v) is 3.33. The van der Waals surface area contributed by atoms with Gasteiger partial charge in [0.2, 0.25) is 0 Å². The van der Waals surface area contributed by atoms with Crippen LogP contribution in [0.15, 0.2) is 6.33 Å². The molecule has 0 unspecified atom stereocenters. The molecule has 2 aromatic rings. The highest BCUT2D eigenvalue weighted by molar-refractivity contribution is 5.83. The zero-order chi connectivity index (χ0) is 14.4. The molecule has 20 heavy (non-hydrogen) atoms. The molecule has 0 radical (unpaired) electrons. The summed E-state index contributed by atoms with van der Waals surface area (Å²) in [6.45, 7) is 5.80. The van der Waals surface area contributed by atoms with Crippen molar-refractivity contribution in [3.8, 4) is 0 Å². The highest BCUT2D eigenvalue weighted by Gasteiger charge is 2.14. The number of imidazole rings is 1. The molecule has 2 N–H and O–H groups in total.